The van der Waals surface area contributed by atoms with E-state index < -0.39 is 0 Å². The van der Waals surface area contributed by atoms with Crippen LogP contribution in [-0.4, -0.2) is 42.9 Å². The number of morpholine rings is 1. The van der Waals surface area contributed by atoms with Gasteiger partial charge in [-0.05, 0) is 12.3 Å². The summed E-state index contributed by atoms with van der Waals surface area (Å²) in [5.74, 6) is 2.51. The maximum absolute atomic E-state index is 5.70. The Bertz CT molecular complexity index is 511. The molecule has 1 aromatic rings. The fraction of sp³-hybridized carbons (Fsp3) is 0.778. The SMILES string of the molecule is COCc1cc(N2CCOCC2CC(C)C)nc(C(C)(C)C)n1. The number of hydrogen-bond donors (Lipinski definition) is 0. The second kappa shape index (κ2) is 7.58. The number of hydrogen-bond acceptors (Lipinski definition) is 5. The van der Waals surface area contributed by atoms with Crippen LogP contribution in [0.1, 0.15) is 52.6 Å². The van der Waals surface area contributed by atoms with Gasteiger partial charge in [0.1, 0.15) is 11.6 Å². The Morgan fingerprint density at radius 2 is 2.09 bits per heavy atom. The molecule has 1 fully saturated rings. The van der Waals surface area contributed by atoms with Gasteiger partial charge in [-0.25, -0.2) is 9.97 Å². The van der Waals surface area contributed by atoms with Gasteiger partial charge in [0.25, 0.3) is 0 Å². The monoisotopic (exact) mass is 321 g/mol. The number of aromatic nitrogens is 2. The van der Waals surface area contributed by atoms with Gasteiger partial charge < -0.3 is 14.4 Å². The molecule has 1 aliphatic heterocycles. The Labute approximate surface area is 140 Å². The van der Waals surface area contributed by atoms with E-state index in [-0.39, 0.29) is 5.41 Å². The Morgan fingerprint density at radius 3 is 2.70 bits per heavy atom. The van der Waals surface area contributed by atoms with Crippen LogP contribution in [0.25, 0.3) is 0 Å². The molecule has 1 atom stereocenters. The third kappa shape index (κ3) is 4.88. The van der Waals surface area contributed by atoms with Gasteiger partial charge >= 0.3 is 0 Å². The van der Waals surface area contributed by atoms with Gasteiger partial charge in [-0.3, -0.25) is 0 Å². The highest BCUT2D eigenvalue weighted by atomic mass is 16.5. The minimum Gasteiger partial charge on any atom is -0.378 e. The molecule has 5 nitrogen and oxygen atoms in total. The van der Waals surface area contributed by atoms with Crippen LogP contribution in [0.2, 0.25) is 0 Å². The van der Waals surface area contributed by atoms with Gasteiger partial charge in [0.05, 0.1) is 31.6 Å². The van der Waals surface area contributed by atoms with Crippen molar-refractivity contribution >= 4 is 5.82 Å². The Kier molecular flexibility index (Phi) is 5.98. The number of methoxy groups -OCH3 is 1. The Hall–Kier alpha value is -1.20. The molecule has 1 unspecified atom stereocenters. The molecule has 0 N–H and O–H groups in total. The number of rotatable bonds is 5. The number of ether oxygens (including phenoxy) is 2. The zero-order valence-electron chi connectivity index (χ0n) is 15.4. The molecule has 1 aliphatic rings. The van der Waals surface area contributed by atoms with Crippen molar-refractivity contribution < 1.29 is 9.47 Å². The highest BCUT2D eigenvalue weighted by Crippen LogP contribution is 2.26. The quantitative estimate of drug-likeness (QED) is 0.833. The molecule has 0 aliphatic carbocycles. The topological polar surface area (TPSA) is 47.5 Å². The molecule has 0 spiro atoms. The van der Waals surface area contributed by atoms with Crippen molar-refractivity contribution in [2.45, 2.75) is 59.1 Å². The van der Waals surface area contributed by atoms with Crippen molar-refractivity contribution in [3.8, 4) is 0 Å². The predicted octanol–water partition coefficient (Wildman–Crippen LogP) is 3.17. The lowest BCUT2D eigenvalue weighted by Gasteiger charge is -2.38. The third-order valence-corrected chi connectivity index (χ3v) is 3.99. The van der Waals surface area contributed by atoms with Crippen LogP contribution in [0.15, 0.2) is 6.07 Å². The standard InChI is InChI=1S/C18H31N3O2/c1-13(2)9-15-12-23-8-7-21(15)16-10-14(11-22-6)19-17(20-16)18(3,4)5/h10,13,15H,7-9,11-12H2,1-6H3. The molecule has 0 saturated carbocycles. The molecule has 1 saturated heterocycles. The van der Waals surface area contributed by atoms with Crippen LogP contribution < -0.4 is 4.90 Å². The van der Waals surface area contributed by atoms with Crippen molar-refractivity contribution in [1.82, 2.24) is 9.97 Å². The van der Waals surface area contributed by atoms with Crippen LogP contribution in [0, 0.1) is 5.92 Å². The number of anilines is 1. The van der Waals surface area contributed by atoms with Crippen molar-refractivity contribution in [3.63, 3.8) is 0 Å². The van der Waals surface area contributed by atoms with Gasteiger partial charge in [0.2, 0.25) is 0 Å². The molecule has 0 aromatic carbocycles. The molecule has 0 radical (unpaired) electrons. The molecule has 1 aromatic heterocycles. The predicted molar refractivity (Wildman–Crippen MR) is 92.9 cm³/mol. The van der Waals surface area contributed by atoms with E-state index in [1.165, 1.54) is 0 Å². The summed E-state index contributed by atoms with van der Waals surface area (Å²) >= 11 is 0. The molecule has 2 heterocycles. The summed E-state index contributed by atoms with van der Waals surface area (Å²) in [5, 5.41) is 0. The minimum atomic E-state index is -0.0850. The normalized spacial score (nSPS) is 19.4. The average Bonchev–Trinajstić information content (AvgIpc) is 2.46. The first kappa shape index (κ1) is 18.1. The summed E-state index contributed by atoms with van der Waals surface area (Å²) in [5.41, 5.74) is 0.857. The van der Waals surface area contributed by atoms with E-state index in [0.29, 0.717) is 18.6 Å². The smallest absolute Gasteiger partial charge is 0.136 e. The average molecular weight is 321 g/mol. The molecular formula is C18H31N3O2. The fourth-order valence-electron chi connectivity index (χ4n) is 2.88. The molecule has 5 heteroatoms. The van der Waals surface area contributed by atoms with Crippen molar-refractivity contribution in [3.05, 3.63) is 17.6 Å². The van der Waals surface area contributed by atoms with E-state index in [0.717, 1.165) is 43.5 Å². The minimum absolute atomic E-state index is 0.0850. The first-order chi connectivity index (χ1) is 10.8. The molecule has 23 heavy (non-hydrogen) atoms. The van der Waals surface area contributed by atoms with E-state index in [2.05, 4.69) is 50.6 Å². The zero-order chi connectivity index (χ0) is 17.0. The maximum atomic E-state index is 5.70. The van der Waals surface area contributed by atoms with Crippen LogP contribution in [0.5, 0.6) is 0 Å². The van der Waals surface area contributed by atoms with Gasteiger partial charge in [-0.2, -0.15) is 0 Å². The van der Waals surface area contributed by atoms with E-state index in [4.69, 9.17) is 14.5 Å². The van der Waals surface area contributed by atoms with Crippen molar-refractivity contribution in [2.75, 3.05) is 31.8 Å². The highest BCUT2D eigenvalue weighted by molar-refractivity contribution is 5.42. The summed E-state index contributed by atoms with van der Waals surface area (Å²) in [6.07, 6.45) is 1.11. The summed E-state index contributed by atoms with van der Waals surface area (Å²) in [6, 6.07) is 2.44. The lowest BCUT2D eigenvalue weighted by atomic mass is 9.95. The van der Waals surface area contributed by atoms with Crippen molar-refractivity contribution in [1.29, 1.82) is 0 Å². The van der Waals surface area contributed by atoms with E-state index in [1.54, 1.807) is 7.11 Å². The molecule has 0 amide bonds. The van der Waals surface area contributed by atoms with Crippen LogP contribution in [-0.2, 0) is 21.5 Å². The van der Waals surface area contributed by atoms with Crippen LogP contribution >= 0.6 is 0 Å². The fourth-order valence-corrected chi connectivity index (χ4v) is 2.88. The first-order valence-electron chi connectivity index (χ1n) is 8.53. The lowest BCUT2D eigenvalue weighted by Crippen LogP contribution is -2.47. The zero-order valence-corrected chi connectivity index (χ0v) is 15.4. The van der Waals surface area contributed by atoms with Crippen LogP contribution in [0.3, 0.4) is 0 Å². The summed E-state index contributed by atoms with van der Waals surface area (Å²) in [7, 11) is 1.70. The summed E-state index contributed by atoms with van der Waals surface area (Å²) in [4.78, 5) is 11.9. The first-order valence-corrected chi connectivity index (χ1v) is 8.53. The second-order valence-electron chi connectivity index (χ2n) is 7.78. The maximum Gasteiger partial charge on any atom is 0.136 e. The summed E-state index contributed by atoms with van der Waals surface area (Å²) in [6.45, 7) is 13.9. The molecular weight excluding hydrogens is 290 g/mol. The lowest BCUT2D eigenvalue weighted by molar-refractivity contribution is 0.0872. The van der Waals surface area contributed by atoms with Crippen molar-refractivity contribution in [2.24, 2.45) is 5.92 Å². The molecule has 2 rings (SSSR count). The number of nitrogens with zero attached hydrogens (tertiary/aromatic N) is 3. The highest BCUT2D eigenvalue weighted by Gasteiger charge is 2.27. The Morgan fingerprint density at radius 1 is 1.35 bits per heavy atom. The van der Waals surface area contributed by atoms with Gasteiger partial charge in [-0.1, -0.05) is 34.6 Å². The Balaban J connectivity index is 2.36. The van der Waals surface area contributed by atoms with E-state index >= 15 is 0 Å². The van der Waals surface area contributed by atoms with Gasteiger partial charge in [-0.15, -0.1) is 0 Å². The van der Waals surface area contributed by atoms with E-state index in [1.807, 2.05) is 0 Å². The summed E-state index contributed by atoms with van der Waals surface area (Å²) < 4.78 is 11.0. The second-order valence-corrected chi connectivity index (χ2v) is 7.78. The largest absolute Gasteiger partial charge is 0.378 e. The van der Waals surface area contributed by atoms with Gasteiger partial charge in [0.15, 0.2) is 0 Å². The third-order valence-electron chi connectivity index (χ3n) is 3.99. The van der Waals surface area contributed by atoms with E-state index in [9.17, 15) is 0 Å². The molecule has 130 valence electrons. The van der Waals surface area contributed by atoms with Crippen LogP contribution in [0.4, 0.5) is 5.82 Å². The molecule has 0 bridgehead atoms. The van der Waals surface area contributed by atoms with Gasteiger partial charge in [0, 0.05) is 25.1 Å².